The van der Waals surface area contributed by atoms with E-state index >= 15 is 0 Å². The zero-order valence-corrected chi connectivity index (χ0v) is 12.4. The van der Waals surface area contributed by atoms with Crippen molar-refractivity contribution < 1.29 is 19.0 Å². The fraction of sp³-hybridized carbons (Fsp3) is 0.250. The summed E-state index contributed by atoms with van der Waals surface area (Å²) in [6, 6.07) is 9.58. The molecule has 0 unspecified atom stereocenters. The number of ether oxygens (including phenoxy) is 2. The van der Waals surface area contributed by atoms with Gasteiger partial charge in [-0.1, -0.05) is 23.7 Å². The summed E-state index contributed by atoms with van der Waals surface area (Å²) in [6.45, 7) is 2.32. The molecule has 0 bridgehead atoms. The Hall–Kier alpha value is -1.78. The van der Waals surface area contributed by atoms with Crippen LogP contribution in [0.25, 0.3) is 0 Å². The standard InChI is InChI=1S/C16H16ClFO3/c1-2-20-16-7-11(9-19)3-6-15(16)21-10-12-4-5-13(17)8-14(12)18/h3-8,19H,2,9-10H2,1H3. The van der Waals surface area contributed by atoms with Crippen LogP contribution in [-0.4, -0.2) is 11.7 Å². The average Bonchev–Trinajstić information content (AvgIpc) is 2.47. The van der Waals surface area contributed by atoms with Crippen LogP contribution in [0.4, 0.5) is 4.39 Å². The van der Waals surface area contributed by atoms with E-state index < -0.39 is 5.82 Å². The second kappa shape index (κ2) is 7.29. The van der Waals surface area contributed by atoms with E-state index in [9.17, 15) is 4.39 Å². The van der Waals surface area contributed by atoms with Gasteiger partial charge in [-0.3, -0.25) is 0 Å². The second-order valence-electron chi connectivity index (χ2n) is 4.40. The molecule has 0 heterocycles. The van der Waals surface area contributed by atoms with Gasteiger partial charge in [0, 0.05) is 10.6 Å². The highest BCUT2D eigenvalue weighted by atomic mass is 35.5. The number of halogens is 2. The molecule has 2 rings (SSSR count). The van der Waals surface area contributed by atoms with Crippen LogP contribution in [0.15, 0.2) is 36.4 Å². The summed E-state index contributed by atoms with van der Waals surface area (Å²) in [4.78, 5) is 0. The predicted octanol–water partition coefficient (Wildman–Crippen LogP) is 3.95. The lowest BCUT2D eigenvalue weighted by Gasteiger charge is -2.13. The first-order valence-electron chi connectivity index (χ1n) is 6.57. The maximum Gasteiger partial charge on any atom is 0.161 e. The van der Waals surface area contributed by atoms with Gasteiger partial charge in [0.2, 0.25) is 0 Å². The van der Waals surface area contributed by atoms with Crippen molar-refractivity contribution in [3.8, 4) is 11.5 Å². The third-order valence-electron chi connectivity index (χ3n) is 2.89. The van der Waals surface area contributed by atoms with E-state index in [1.165, 1.54) is 6.07 Å². The van der Waals surface area contributed by atoms with Crippen molar-refractivity contribution in [2.45, 2.75) is 20.1 Å². The van der Waals surface area contributed by atoms with E-state index in [1.807, 2.05) is 6.92 Å². The Morgan fingerprint density at radius 1 is 1.10 bits per heavy atom. The van der Waals surface area contributed by atoms with Gasteiger partial charge in [-0.05, 0) is 36.8 Å². The number of hydrogen-bond acceptors (Lipinski definition) is 3. The number of aliphatic hydroxyl groups is 1. The van der Waals surface area contributed by atoms with Crippen LogP contribution >= 0.6 is 11.6 Å². The maximum atomic E-state index is 13.7. The molecule has 0 aromatic heterocycles. The summed E-state index contributed by atoms with van der Waals surface area (Å²) in [5, 5.41) is 9.48. The molecule has 112 valence electrons. The second-order valence-corrected chi connectivity index (χ2v) is 4.83. The Labute approximate surface area is 127 Å². The van der Waals surface area contributed by atoms with Crippen molar-refractivity contribution >= 4 is 11.6 Å². The summed E-state index contributed by atoms with van der Waals surface area (Å²) in [6.07, 6.45) is 0. The molecule has 1 N–H and O–H groups in total. The summed E-state index contributed by atoms with van der Waals surface area (Å²) >= 11 is 5.71. The first-order valence-corrected chi connectivity index (χ1v) is 6.95. The van der Waals surface area contributed by atoms with Crippen LogP contribution in [0.3, 0.4) is 0 Å². The van der Waals surface area contributed by atoms with E-state index in [-0.39, 0.29) is 13.2 Å². The minimum atomic E-state index is -0.410. The van der Waals surface area contributed by atoms with E-state index in [0.29, 0.717) is 28.7 Å². The SMILES string of the molecule is CCOc1cc(CO)ccc1OCc1ccc(Cl)cc1F. The molecular formula is C16H16ClFO3. The quantitative estimate of drug-likeness (QED) is 0.878. The lowest BCUT2D eigenvalue weighted by atomic mass is 10.2. The highest BCUT2D eigenvalue weighted by Crippen LogP contribution is 2.29. The van der Waals surface area contributed by atoms with E-state index in [2.05, 4.69) is 0 Å². The number of hydrogen-bond donors (Lipinski definition) is 1. The number of benzene rings is 2. The predicted molar refractivity (Wildman–Crippen MR) is 79.3 cm³/mol. The molecule has 0 fully saturated rings. The minimum absolute atomic E-state index is 0.0710. The van der Waals surface area contributed by atoms with Gasteiger partial charge in [0.25, 0.3) is 0 Å². The molecule has 0 spiro atoms. The van der Waals surface area contributed by atoms with Crippen molar-refractivity contribution in [2.75, 3.05) is 6.61 Å². The zero-order valence-electron chi connectivity index (χ0n) is 11.6. The molecule has 0 aliphatic rings. The lowest BCUT2D eigenvalue weighted by Crippen LogP contribution is -2.02. The molecule has 2 aromatic rings. The molecule has 0 atom stereocenters. The highest BCUT2D eigenvalue weighted by molar-refractivity contribution is 6.30. The largest absolute Gasteiger partial charge is 0.490 e. The van der Waals surface area contributed by atoms with E-state index in [1.54, 1.807) is 30.3 Å². The topological polar surface area (TPSA) is 38.7 Å². The Kier molecular flexibility index (Phi) is 5.42. The maximum absolute atomic E-state index is 13.7. The normalized spacial score (nSPS) is 10.5. The molecule has 5 heteroatoms. The molecule has 0 saturated heterocycles. The average molecular weight is 311 g/mol. The number of aliphatic hydroxyl groups excluding tert-OH is 1. The third-order valence-corrected chi connectivity index (χ3v) is 3.12. The van der Waals surface area contributed by atoms with Gasteiger partial charge in [-0.2, -0.15) is 0 Å². The van der Waals surface area contributed by atoms with Gasteiger partial charge >= 0.3 is 0 Å². The summed E-state index contributed by atoms with van der Waals surface area (Å²) in [5.74, 6) is 0.620. The van der Waals surface area contributed by atoms with Crippen molar-refractivity contribution in [1.29, 1.82) is 0 Å². The third kappa shape index (κ3) is 4.09. The molecule has 0 aliphatic heterocycles. The van der Waals surface area contributed by atoms with Crippen LogP contribution < -0.4 is 9.47 Å². The van der Waals surface area contributed by atoms with Crippen LogP contribution in [0.2, 0.25) is 5.02 Å². The Balaban J connectivity index is 2.15. The van der Waals surface area contributed by atoms with Crippen LogP contribution in [0.1, 0.15) is 18.1 Å². The van der Waals surface area contributed by atoms with Gasteiger partial charge in [-0.15, -0.1) is 0 Å². The van der Waals surface area contributed by atoms with Crippen LogP contribution in [0, 0.1) is 5.82 Å². The van der Waals surface area contributed by atoms with Crippen LogP contribution in [0.5, 0.6) is 11.5 Å². The number of rotatable bonds is 6. The summed E-state index contributed by atoms with van der Waals surface area (Å²) < 4.78 is 24.8. The van der Waals surface area contributed by atoms with Gasteiger partial charge in [0.15, 0.2) is 11.5 Å². The molecule has 3 nitrogen and oxygen atoms in total. The molecule has 0 amide bonds. The molecule has 0 radical (unpaired) electrons. The van der Waals surface area contributed by atoms with Gasteiger partial charge in [0.1, 0.15) is 12.4 Å². The first-order chi connectivity index (χ1) is 10.1. The first kappa shape index (κ1) is 15.6. The fourth-order valence-electron chi connectivity index (χ4n) is 1.83. The van der Waals surface area contributed by atoms with Crippen molar-refractivity contribution in [3.05, 3.63) is 58.4 Å². The highest BCUT2D eigenvalue weighted by Gasteiger charge is 2.09. The van der Waals surface area contributed by atoms with Crippen molar-refractivity contribution in [3.63, 3.8) is 0 Å². The van der Waals surface area contributed by atoms with E-state index in [4.69, 9.17) is 26.2 Å². The molecular weight excluding hydrogens is 295 g/mol. The Morgan fingerprint density at radius 3 is 2.57 bits per heavy atom. The van der Waals surface area contributed by atoms with Gasteiger partial charge in [0.05, 0.1) is 13.2 Å². The van der Waals surface area contributed by atoms with Crippen LogP contribution in [-0.2, 0) is 13.2 Å². The molecule has 21 heavy (non-hydrogen) atoms. The summed E-state index contributed by atoms with van der Waals surface area (Å²) in [7, 11) is 0. The minimum Gasteiger partial charge on any atom is -0.490 e. The monoisotopic (exact) mass is 310 g/mol. The Morgan fingerprint density at radius 2 is 1.90 bits per heavy atom. The summed E-state index contributed by atoms with van der Waals surface area (Å²) in [5.41, 5.74) is 1.14. The van der Waals surface area contributed by atoms with Crippen molar-refractivity contribution in [1.82, 2.24) is 0 Å². The van der Waals surface area contributed by atoms with E-state index in [0.717, 1.165) is 5.56 Å². The molecule has 0 aliphatic carbocycles. The zero-order chi connectivity index (χ0) is 15.2. The fourth-order valence-corrected chi connectivity index (χ4v) is 1.99. The molecule has 0 saturated carbocycles. The van der Waals surface area contributed by atoms with Crippen molar-refractivity contribution in [2.24, 2.45) is 0 Å². The van der Waals surface area contributed by atoms with Gasteiger partial charge < -0.3 is 14.6 Å². The van der Waals surface area contributed by atoms with Gasteiger partial charge in [-0.25, -0.2) is 4.39 Å². The lowest BCUT2D eigenvalue weighted by molar-refractivity contribution is 0.261. The molecule has 2 aromatic carbocycles. The smallest absolute Gasteiger partial charge is 0.161 e. The Bertz CT molecular complexity index is 616.